The van der Waals surface area contributed by atoms with Crippen LogP contribution in [0.4, 0.5) is 0 Å². The average molecular weight is 265 g/mol. The molecule has 0 heterocycles. The Morgan fingerprint density at radius 1 is 1.26 bits per heavy atom. The Morgan fingerprint density at radius 2 is 1.89 bits per heavy atom. The summed E-state index contributed by atoms with van der Waals surface area (Å²) in [5.41, 5.74) is 0.444. The van der Waals surface area contributed by atoms with Crippen LogP contribution in [0.1, 0.15) is 37.9 Å². The SMILES string of the molecule is CCCC[C@H](NC(=O)C(O)c1ccccc1)C(=O)O. The smallest absolute Gasteiger partial charge is 0.326 e. The first kappa shape index (κ1) is 15.2. The molecule has 0 aromatic heterocycles. The van der Waals surface area contributed by atoms with E-state index in [1.54, 1.807) is 30.3 Å². The van der Waals surface area contributed by atoms with Gasteiger partial charge in [-0.05, 0) is 12.0 Å². The van der Waals surface area contributed by atoms with Crippen molar-refractivity contribution in [2.75, 3.05) is 0 Å². The second-order valence-corrected chi connectivity index (χ2v) is 4.35. The molecule has 1 unspecified atom stereocenters. The molecule has 0 fully saturated rings. The van der Waals surface area contributed by atoms with Crippen LogP contribution in [0, 0.1) is 0 Å². The highest BCUT2D eigenvalue weighted by Gasteiger charge is 2.24. The number of hydrogen-bond acceptors (Lipinski definition) is 3. The van der Waals surface area contributed by atoms with Crippen LogP contribution in [0.3, 0.4) is 0 Å². The van der Waals surface area contributed by atoms with E-state index in [0.29, 0.717) is 18.4 Å². The van der Waals surface area contributed by atoms with E-state index in [4.69, 9.17) is 5.11 Å². The Hall–Kier alpha value is -1.88. The number of rotatable bonds is 7. The van der Waals surface area contributed by atoms with Crippen molar-refractivity contribution in [3.8, 4) is 0 Å². The van der Waals surface area contributed by atoms with Gasteiger partial charge in [0.1, 0.15) is 6.04 Å². The number of carbonyl (C=O) groups excluding carboxylic acids is 1. The van der Waals surface area contributed by atoms with Crippen LogP contribution in [0.2, 0.25) is 0 Å². The first-order valence-corrected chi connectivity index (χ1v) is 6.32. The van der Waals surface area contributed by atoms with Gasteiger partial charge in [0, 0.05) is 0 Å². The largest absolute Gasteiger partial charge is 0.480 e. The van der Waals surface area contributed by atoms with Gasteiger partial charge in [0.25, 0.3) is 5.91 Å². The number of unbranched alkanes of at least 4 members (excludes halogenated alkanes) is 1. The fraction of sp³-hybridized carbons (Fsp3) is 0.429. The molecule has 5 heteroatoms. The molecule has 0 aliphatic rings. The van der Waals surface area contributed by atoms with Gasteiger partial charge in [0.2, 0.25) is 0 Å². The molecule has 0 saturated heterocycles. The van der Waals surface area contributed by atoms with E-state index in [-0.39, 0.29) is 0 Å². The molecule has 104 valence electrons. The molecule has 0 spiro atoms. The van der Waals surface area contributed by atoms with E-state index < -0.39 is 24.0 Å². The van der Waals surface area contributed by atoms with Gasteiger partial charge in [0.15, 0.2) is 6.10 Å². The van der Waals surface area contributed by atoms with Crippen LogP contribution in [-0.2, 0) is 9.59 Å². The molecule has 3 N–H and O–H groups in total. The van der Waals surface area contributed by atoms with Gasteiger partial charge in [-0.15, -0.1) is 0 Å². The highest BCUT2D eigenvalue weighted by molar-refractivity contribution is 5.86. The highest BCUT2D eigenvalue weighted by Crippen LogP contribution is 2.13. The summed E-state index contributed by atoms with van der Waals surface area (Å²) < 4.78 is 0. The molecule has 1 aromatic rings. The van der Waals surface area contributed by atoms with Gasteiger partial charge in [-0.2, -0.15) is 0 Å². The van der Waals surface area contributed by atoms with E-state index in [1.165, 1.54) is 0 Å². The number of aliphatic carboxylic acids is 1. The normalized spacial score (nSPS) is 13.6. The van der Waals surface area contributed by atoms with Crippen LogP contribution in [0.15, 0.2) is 30.3 Å². The summed E-state index contributed by atoms with van der Waals surface area (Å²) in [6.45, 7) is 1.94. The first-order chi connectivity index (χ1) is 9.06. The van der Waals surface area contributed by atoms with Crippen molar-refractivity contribution in [1.29, 1.82) is 0 Å². The monoisotopic (exact) mass is 265 g/mol. The van der Waals surface area contributed by atoms with Crippen molar-refractivity contribution in [3.05, 3.63) is 35.9 Å². The van der Waals surface area contributed by atoms with Gasteiger partial charge in [0.05, 0.1) is 0 Å². The second kappa shape index (κ2) is 7.53. The molecular formula is C14H19NO4. The van der Waals surface area contributed by atoms with Crippen LogP contribution < -0.4 is 5.32 Å². The molecule has 19 heavy (non-hydrogen) atoms. The first-order valence-electron chi connectivity index (χ1n) is 6.32. The Kier molecular flexibility index (Phi) is 6.02. The second-order valence-electron chi connectivity index (χ2n) is 4.35. The average Bonchev–Trinajstić information content (AvgIpc) is 2.43. The molecule has 0 aliphatic carbocycles. The number of amides is 1. The van der Waals surface area contributed by atoms with Gasteiger partial charge in [-0.3, -0.25) is 4.79 Å². The topological polar surface area (TPSA) is 86.6 Å². The van der Waals surface area contributed by atoms with Gasteiger partial charge < -0.3 is 15.5 Å². The van der Waals surface area contributed by atoms with Crippen LogP contribution in [0.5, 0.6) is 0 Å². The maximum Gasteiger partial charge on any atom is 0.326 e. The van der Waals surface area contributed by atoms with E-state index >= 15 is 0 Å². The zero-order valence-electron chi connectivity index (χ0n) is 10.9. The third-order valence-corrected chi connectivity index (χ3v) is 2.82. The Morgan fingerprint density at radius 3 is 2.42 bits per heavy atom. The summed E-state index contributed by atoms with van der Waals surface area (Å²) in [5.74, 6) is -1.77. The van der Waals surface area contributed by atoms with Gasteiger partial charge in [-0.25, -0.2) is 4.79 Å². The maximum absolute atomic E-state index is 11.8. The number of benzene rings is 1. The van der Waals surface area contributed by atoms with Crippen molar-refractivity contribution in [2.24, 2.45) is 0 Å². The summed E-state index contributed by atoms with van der Waals surface area (Å²) in [6, 6.07) is 7.47. The maximum atomic E-state index is 11.8. The molecule has 2 atom stereocenters. The lowest BCUT2D eigenvalue weighted by atomic mass is 10.1. The molecule has 0 radical (unpaired) electrons. The van der Waals surface area contributed by atoms with E-state index in [9.17, 15) is 14.7 Å². The number of carbonyl (C=O) groups is 2. The predicted molar refractivity (Wildman–Crippen MR) is 70.5 cm³/mol. The van der Waals surface area contributed by atoms with E-state index in [2.05, 4.69) is 5.32 Å². The molecule has 1 rings (SSSR count). The van der Waals surface area contributed by atoms with E-state index in [0.717, 1.165) is 6.42 Å². The molecular weight excluding hydrogens is 246 g/mol. The lowest BCUT2D eigenvalue weighted by molar-refractivity contribution is -0.143. The zero-order valence-corrected chi connectivity index (χ0v) is 10.9. The Bertz CT molecular complexity index is 419. The lowest BCUT2D eigenvalue weighted by Gasteiger charge is -2.17. The third kappa shape index (κ3) is 4.71. The zero-order chi connectivity index (χ0) is 14.3. The van der Waals surface area contributed by atoms with Crippen molar-refractivity contribution >= 4 is 11.9 Å². The van der Waals surface area contributed by atoms with Crippen LogP contribution >= 0.6 is 0 Å². The van der Waals surface area contributed by atoms with E-state index in [1.807, 2.05) is 6.92 Å². The van der Waals surface area contributed by atoms with Crippen molar-refractivity contribution in [1.82, 2.24) is 5.32 Å². The Labute approximate surface area is 112 Å². The minimum atomic E-state index is -1.34. The number of nitrogens with one attached hydrogen (secondary N) is 1. The number of carboxylic acids is 1. The summed E-state index contributed by atoms with van der Waals surface area (Å²) in [7, 11) is 0. The van der Waals surface area contributed by atoms with Crippen molar-refractivity contribution in [2.45, 2.75) is 38.3 Å². The fourth-order valence-electron chi connectivity index (χ4n) is 1.70. The van der Waals surface area contributed by atoms with Crippen LogP contribution in [-0.4, -0.2) is 28.1 Å². The lowest BCUT2D eigenvalue weighted by Crippen LogP contribution is -2.43. The summed E-state index contributed by atoms with van der Waals surface area (Å²) >= 11 is 0. The molecule has 1 amide bonds. The summed E-state index contributed by atoms with van der Waals surface area (Å²) in [6.07, 6.45) is 0.572. The third-order valence-electron chi connectivity index (χ3n) is 2.82. The molecule has 5 nitrogen and oxygen atoms in total. The number of hydrogen-bond donors (Lipinski definition) is 3. The minimum absolute atomic E-state index is 0.360. The molecule has 0 aliphatic heterocycles. The molecule has 0 saturated carbocycles. The number of carboxylic acid groups (broad SMARTS) is 1. The summed E-state index contributed by atoms with van der Waals surface area (Å²) in [5, 5.41) is 21.2. The quantitative estimate of drug-likeness (QED) is 0.697. The fourth-order valence-corrected chi connectivity index (χ4v) is 1.70. The van der Waals surface area contributed by atoms with Crippen molar-refractivity contribution < 1.29 is 19.8 Å². The highest BCUT2D eigenvalue weighted by atomic mass is 16.4. The standard InChI is InChI=1S/C14H19NO4/c1-2-3-9-11(14(18)19)15-13(17)12(16)10-7-5-4-6-8-10/h4-8,11-12,16H,2-3,9H2,1H3,(H,15,17)(H,18,19)/t11-,12?/m0/s1. The Balaban J connectivity index is 2.64. The number of aliphatic hydroxyl groups excluding tert-OH is 1. The minimum Gasteiger partial charge on any atom is -0.480 e. The van der Waals surface area contributed by atoms with Gasteiger partial charge in [-0.1, -0.05) is 50.1 Å². The van der Waals surface area contributed by atoms with Crippen molar-refractivity contribution in [3.63, 3.8) is 0 Å². The predicted octanol–water partition coefficient (Wildman–Crippen LogP) is 1.48. The molecule has 1 aromatic carbocycles. The molecule has 0 bridgehead atoms. The summed E-state index contributed by atoms with van der Waals surface area (Å²) in [4.78, 5) is 22.8. The van der Waals surface area contributed by atoms with Gasteiger partial charge >= 0.3 is 5.97 Å². The number of aliphatic hydroxyl groups is 1. The van der Waals surface area contributed by atoms with Crippen LogP contribution in [0.25, 0.3) is 0 Å².